The first-order chi connectivity index (χ1) is 9.60. The molecule has 0 radical (unpaired) electrons. The summed E-state index contributed by atoms with van der Waals surface area (Å²) in [5.41, 5.74) is 0. The first-order valence-electron chi connectivity index (χ1n) is 6.21. The number of rotatable bonds is 7. The molecule has 0 heterocycles. The number of hydrogen-bond acceptors (Lipinski definition) is 5. The number of halogens is 1. The number of nitrogens with zero attached hydrogens (tertiary/aromatic N) is 1. The fourth-order valence-corrected chi connectivity index (χ4v) is 3.70. The molecular formula is C12H19FN2O4S2. The van der Waals surface area contributed by atoms with Crippen LogP contribution in [0, 0.1) is 5.82 Å². The highest BCUT2D eigenvalue weighted by Crippen LogP contribution is 2.22. The molecule has 0 spiro atoms. The molecule has 0 saturated carbocycles. The van der Waals surface area contributed by atoms with Crippen molar-refractivity contribution >= 4 is 19.9 Å². The molecule has 0 aliphatic heterocycles. The van der Waals surface area contributed by atoms with Gasteiger partial charge in [0.1, 0.15) is 10.7 Å². The van der Waals surface area contributed by atoms with Crippen molar-refractivity contribution in [3.63, 3.8) is 0 Å². The summed E-state index contributed by atoms with van der Waals surface area (Å²) in [6.45, 7) is 0.817. The van der Waals surface area contributed by atoms with Crippen LogP contribution in [-0.2, 0) is 19.9 Å². The van der Waals surface area contributed by atoms with Crippen LogP contribution >= 0.6 is 0 Å². The molecule has 0 amide bonds. The Labute approximate surface area is 124 Å². The highest BCUT2D eigenvalue weighted by atomic mass is 32.2. The molecule has 1 N–H and O–H groups in total. The lowest BCUT2D eigenvalue weighted by atomic mass is 10.3. The summed E-state index contributed by atoms with van der Waals surface area (Å²) >= 11 is 0. The second-order valence-corrected chi connectivity index (χ2v) is 8.68. The summed E-state index contributed by atoms with van der Waals surface area (Å²) in [5.74, 6) is -0.970. The Balaban J connectivity index is 3.19. The Morgan fingerprint density at radius 3 is 2.38 bits per heavy atom. The van der Waals surface area contributed by atoms with Crippen molar-refractivity contribution < 1.29 is 21.2 Å². The molecular weight excluding hydrogens is 319 g/mol. The molecule has 0 aromatic heterocycles. The molecule has 1 rings (SSSR count). The molecule has 9 heteroatoms. The predicted molar refractivity (Wildman–Crippen MR) is 77.9 cm³/mol. The summed E-state index contributed by atoms with van der Waals surface area (Å²) in [7, 11) is -4.60. The highest BCUT2D eigenvalue weighted by molar-refractivity contribution is 7.91. The Morgan fingerprint density at radius 2 is 1.86 bits per heavy atom. The predicted octanol–water partition coefficient (Wildman–Crippen LogP) is 0.459. The summed E-state index contributed by atoms with van der Waals surface area (Å²) in [5, 5.41) is 2.88. The van der Waals surface area contributed by atoms with Crippen LogP contribution in [0.1, 0.15) is 6.42 Å². The fraction of sp³-hybridized carbons (Fsp3) is 0.500. The standard InChI is InChI=1S/C12H19FN2O4S2/c1-14-7-4-8-15(2)21(18,19)12-9-10(20(3,16)17)5-6-11(12)13/h5-6,9,14H,4,7-8H2,1-3H3. The van der Waals surface area contributed by atoms with Crippen molar-refractivity contribution in [2.75, 3.05) is 33.4 Å². The molecule has 0 bridgehead atoms. The third kappa shape index (κ3) is 4.47. The molecule has 0 fully saturated rings. The van der Waals surface area contributed by atoms with E-state index in [0.717, 1.165) is 28.8 Å². The van der Waals surface area contributed by atoms with Crippen LogP contribution in [0.25, 0.3) is 0 Å². The van der Waals surface area contributed by atoms with E-state index in [1.165, 1.54) is 7.05 Å². The van der Waals surface area contributed by atoms with Gasteiger partial charge in [0.2, 0.25) is 10.0 Å². The topological polar surface area (TPSA) is 83.6 Å². The lowest BCUT2D eigenvalue weighted by Crippen LogP contribution is -2.30. The number of nitrogens with one attached hydrogen (secondary N) is 1. The minimum Gasteiger partial charge on any atom is -0.320 e. The highest BCUT2D eigenvalue weighted by Gasteiger charge is 2.25. The van der Waals surface area contributed by atoms with Gasteiger partial charge in [-0.1, -0.05) is 0 Å². The molecule has 21 heavy (non-hydrogen) atoms. The number of sulfone groups is 1. The summed E-state index contributed by atoms with van der Waals surface area (Å²) < 4.78 is 62.3. The van der Waals surface area contributed by atoms with Gasteiger partial charge >= 0.3 is 0 Å². The van der Waals surface area contributed by atoms with Crippen molar-refractivity contribution in [1.29, 1.82) is 0 Å². The monoisotopic (exact) mass is 338 g/mol. The van der Waals surface area contributed by atoms with Crippen LogP contribution in [-0.4, -0.2) is 54.6 Å². The van der Waals surface area contributed by atoms with Gasteiger partial charge < -0.3 is 5.32 Å². The second-order valence-electron chi connectivity index (χ2n) is 4.65. The van der Waals surface area contributed by atoms with Gasteiger partial charge in [-0.3, -0.25) is 0 Å². The Bertz CT molecular complexity index is 702. The number of hydrogen-bond donors (Lipinski definition) is 1. The van der Waals surface area contributed by atoms with Gasteiger partial charge in [-0.25, -0.2) is 25.5 Å². The first-order valence-corrected chi connectivity index (χ1v) is 9.54. The average Bonchev–Trinajstić information content (AvgIpc) is 2.37. The van der Waals surface area contributed by atoms with E-state index in [-0.39, 0.29) is 11.4 Å². The van der Waals surface area contributed by atoms with E-state index in [9.17, 15) is 21.2 Å². The van der Waals surface area contributed by atoms with Gasteiger partial charge in [0.25, 0.3) is 0 Å². The molecule has 1 aromatic rings. The third-order valence-corrected chi connectivity index (χ3v) is 5.90. The van der Waals surface area contributed by atoms with Crippen LogP contribution < -0.4 is 5.32 Å². The van der Waals surface area contributed by atoms with Gasteiger partial charge in [0, 0.05) is 19.8 Å². The SMILES string of the molecule is CNCCCN(C)S(=O)(=O)c1cc(S(C)(=O)=O)ccc1F. The molecule has 0 unspecified atom stereocenters. The Hall–Kier alpha value is -1.03. The summed E-state index contributed by atoms with van der Waals surface area (Å²) in [4.78, 5) is -0.858. The van der Waals surface area contributed by atoms with E-state index in [4.69, 9.17) is 0 Å². The van der Waals surface area contributed by atoms with E-state index < -0.39 is 30.6 Å². The molecule has 120 valence electrons. The van der Waals surface area contributed by atoms with Crippen molar-refractivity contribution in [3.8, 4) is 0 Å². The normalized spacial score (nSPS) is 12.8. The second kappa shape index (κ2) is 6.82. The summed E-state index contributed by atoms with van der Waals surface area (Å²) in [6, 6.07) is 2.75. The van der Waals surface area contributed by atoms with Gasteiger partial charge in [-0.2, -0.15) is 0 Å². The van der Waals surface area contributed by atoms with E-state index in [0.29, 0.717) is 13.0 Å². The Morgan fingerprint density at radius 1 is 1.24 bits per heavy atom. The molecule has 0 aliphatic rings. The zero-order valence-corrected chi connectivity index (χ0v) is 13.8. The fourth-order valence-electron chi connectivity index (χ4n) is 1.68. The minimum atomic E-state index is -4.07. The van der Waals surface area contributed by atoms with Crippen molar-refractivity contribution in [3.05, 3.63) is 24.0 Å². The molecule has 0 aliphatic carbocycles. The lowest BCUT2D eigenvalue weighted by molar-refractivity contribution is 0.452. The summed E-state index contributed by atoms with van der Waals surface area (Å²) in [6.07, 6.45) is 1.49. The largest absolute Gasteiger partial charge is 0.320 e. The lowest BCUT2D eigenvalue weighted by Gasteiger charge is -2.18. The van der Waals surface area contributed by atoms with Gasteiger partial charge in [-0.05, 0) is 38.2 Å². The van der Waals surface area contributed by atoms with E-state index in [2.05, 4.69) is 5.32 Å². The maximum Gasteiger partial charge on any atom is 0.245 e. The maximum atomic E-state index is 13.8. The zero-order chi connectivity index (χ0) is 16.3. The third-order valence-electron chi connectivity index (χ3n) is 2.92. The van der Waals surface area contributed by atoms with Crippen LogP contribution in [0.2, 0.25) is 0 Å². The van der Waals surface area contributed by atoms with Gasteiger partial charge in [0.15, 0.2) is 9.84 Å². The average molecular weight is 338 g/mol. The maximum absolute atomic E-state index is 13.8. The minimum absolute atomic E-state index is 0.200. The molecule has 6 nitrogen and oxygen atoms in total. The molecule has 0 saturated heterocycles. The van der Waals surface area contributed by atoms with E-state index in [1.54, 1.807) is 7.05 Å². The van der Waals surface area contributed by atoms with Crippen molar-refractivity contribution in [2.24, 2.45) is 0 Å². The van der Waals surface area contributed by atoms with Gasteiger partial charge in [-0.15, -0.1) is 0 Å². The van der Waals surface area contributed by atoms with Crippen LogP contribution in [0.5, 0.6) is 0 Å². The number of benzene rings is 1. The quantitative estimate of drug-likeness (QED) is 0.577. The zero-order valence-electron chi connectivity index (χ0n) is 12.1. The van der Waals surface area contributed by atoms with Gasteiger partial charge in [0.05, 0.1) is 4.90 Å². The molecule has 0 atom stereocenters. The first kappa shape index (κ1) is 18.0. The van der Waals surface area contributed by atoms with E-state index >= 15 is 0 Å². The smallest absolute Gasteiger partial charge is 0.245 e. The number of sulfonamides is 1. The van der Waals surface area contributed by atoms with Crippen LogP contribution in [0.15, 0.2) is 28.0 Å². The Kier molecular flexibility index (Phi) is 5.85. The van der Waals surface area contributed by atoms with Crippen molar-refractivity contribution in [2.45, 2.75) is 16.2 Å². The van der Waals surface area contributed by atoms with E-state index in [1.807, 2.05) is 0 Å². The molecule has 1 aromatic carbocycles. The van der Waals surface area contributed by atoms with Crippen LogP contribution in [0.3, 0.4) is 0 Å². The van der Waals surface area contributed by atoms with Crippen LogP contribution in [0.4, 0.5) is 4.39 Å². The van der Waals surface area contributed by atoms with Crippen molar-refractivity contribution in [1.82, 2.24) is 9.62 Å².